The van der Waals surface area contributed by atoms with Gasteiger partial charge in [-0.3, -0.25) is 0 Å². The number of rotatable bonds is 5. The molecule has 0 N–H and O–H groups in total. The van der Waals surface area contributed by atoms with Crippen LogP contribution in [-0.4, -0.2) is 20.9 Å². The van der Waals surface area contributed by atoms with Gasteiger partial charge < -0.3 is 4.55 Å². The second-order valence-corrected chi connectivity index (χ2v) is 8.40. The number of halogens is 2. The molecule has 0 aliphatic rings. The summed E-state index contributed by atoms with van der Waals surface area (Å²) in [6, 6.07) is 7.89. The van der Waals surface area contributed by atoms with E-state index in [4.69, 9.17) is 11.6 Å². The lowest BCUT2D eigenvalue weighted by molar-refractivity contribution is 0.561. The van der Waals surface area contributed by atoms with Crippen LogP contribution in [0.1, 0.15) is 39.2 Å². The van der Waals surface area contributed by atoms with Crippen molar-refractivity contribution < 1.29 is 4.55 Å². The topological polar surface area (TPSA) is 35.4 Å². The Morgan fingerprint density at radius 2 is 1.89 bits per heavy atom. The van der Waals surface area contributed by atoms with Crippen molar-refractivity contribution >= 4 is 44.6 Å². The van der Waals surface area contributed by atoms with Gasteiger partial charge >= 0.3 is 0 Å². The van der Waals surface area contributed by atoms with Gasteiger partial charge in [0.15, 0.2) is 0 Å². The summed E-state index contributed by atoms with van der Waals surface area (Å²) in [6.45, 7) is 5.77. The summed E-state index contributed by atoms with van der Waals surface area (Å²) in [5, 5.41) is 0. The third-order valence-corrected chi connectivity index (χ3v) is 4.67. The number of hydrogen-bond donors (Lipinski definition) is 0. The van der Waals surface area contributed by atoms with Gasteiger partial charge in [-0.15, -0.1) is 11.6 Å². The first kappa shape index (κ1) is 17.0. The fourth-order valence-electron chi connectivity index (χ4n) is 1.36. The van der Waals surface area contributed by atoms with Crippen molar-refractivity contribution in [3.63, 3.8) is 0 Å². The van der Waals surface area contributed by atoms with E-state index in [-0.39, 0.29) is 4.75 Å². The van der Waals surface area contributed by atoms with Crippen LogP contribution < -0.4 is 0 Å². The Morgan fingerprint density at radius 3 is 2.37 bits per heavy atom. The third kappa shape index (κ3) is 5.86. The summed E-state index contributed by atoms with van der Waals surface area (Å²) in [7, 11) is 0. The SMILES string of the molecule is CC(C)(C)[S+]([O-])/N=C(/CCCCl)c1ccc(Br)cc1. The van der Waals surface area contributed by atoms with E-state index in [1.807, 2.05) is 45.0 Å². The molecule has 1 atom stereocenters. The number of benzene rings is 1. The minimum absolute atomic E-state index is 0.346. The lowest BCUT2D eigenvalue weighted by Gasteiger charge is -2.19. The quantitative estimate of drug-likeness (QED) is 0.423. The van der Waals surface area contributed by atoms with Crippen molar-refractivity contribution in [3.8, 4) is 0 Å². The summed E-state index contributed by atoms with van der Waals surface area (Å²) in [5.41, 5.74) is 1.87. The van der Waals surface area contributed by atoms with Crippen LogP contribution in [0.5, 0.6) is 0 Å². The van der Waals surface area contributed by atoms with Gasteiger partial charge in [0.2, 0.25) is 0 Å². The Balaban J connectivity index is 3.00. The lowest BCUT2D eigenvalue weighted by Crippen LogP contribution is -2.27. The van der Waals surface area contributed by atoms with Crippen LogP contribution in [0.15, 0.2) is 33.1 Å². The van der Waals surface area contributed by atoms with Crippen molar-refractivity contribution in [2.45, 2.75) is 38.4 Å². The molecule has 0 amide bonds. The molecule has 0 spiro atoms. The van der Waals surface area contributed by atoms with E-state index in [2.05, 4.69) is 20.3 Å². The second-order valence-electron chi connectivity index (χ2n) is 5.20. The van der Waals surface area contributed by atoms with Gasteiger partial charge in [-0.25, -0.2) is 0 Å². The highest BCUT2D eigenvalue weighted by molar-refractivity contribution is 9.10. The van der Waals surface area contributed by atoms with Crippen LogP contribution in [-0.2, 0) is 11.4 Å². The van der Waals surface area contributed by atoms with Gasteiger partial charge in [-0.2, -0.15) is 0 Å². The van der Waals surface area contributed by atoms with Gasteiger partial charge in [-0.1, -0.05) is 32.5 Å². The first-order valence-electron chi connectivity index (χ1n) is 6.16. The highest BCUT2D eigenvalue weighted by atomic mass is 79.9. The van der Waals surface area contributed by atoms with Crippen molar-refractivity contribution in [1.29, 1.82) is 0 Å². The Bertz CT molecular complexity index is 428. The Labute approximate surface area is 132 Å². The average molecular weight is 365 g/mol. The molecule has 0 saturated carbocycles. The largest absolute Gasteiger partial charge is 0.591 e. The van der Waals surface area contributed by atoms with E-state index < -0.39 is 11.4 Å². The molecule has 0 aliphatic carbocycles. The molecule has 0 saturated heterocycles. The molecule has 2 nitrogen and oxygen atoms in total. The molecule has 1 aromatic carbocycles. The van der Waals surface area contributed by atoms with Crippen LogP contribution in [0, 0.1) is 0 Å². The Hall–Kier alpha value is -0.0300. The van der Waals surface area contributed by atoms with E-state index in [0.717, 1.165) is 28.6 Å². The highest BCUT2D eigenvalue weighted by Crippen LogP contribution is 2.20. The predicted octanol–water partition coefficient (Wildman–Crippen LogP) is 4.72. The molecule has 0 heterocycles. The number of alkyl halides is 1. The van der Waals surface area contributed by atoms with Gasteiger partial charge in [0.1, 0.15) is 16.1 Å². The summed E-state index contributed by atoms with van der Waals surface area (Å²) < 4.78 is 17.2. The summed E-state index contributed by atoms with van der Waals surface area (Å²) >= 11 is 7.91. The minimum Gasteiger partial charge on any atom is -0.591 e. The van der Waals surface area contributed by atoms with Crippen LogP contribution >= 0.6 is 27.5 Å². The number of hydrogen-bond acceptors (Lipinski definition) is 2. The van der Waals surface area contributed by atoms with Crippen LogP contribution in [0.4, 0.5) is 0 Å². The van der Waals surface area contributed by atoms with E-state index in [1.165, 1.54) is 0 Å². The summed E-state index contributed by atoms with van der Waals surface area (Å²) in [5.74, 6) is 0.581. The molecule has 0 radical (unpaired) electrons. The monoisotopic (exact) mass is 363 g/mol. The molecular weight excluding hydrogens is 346 g/mol. The maximum absolute atomic E-state index is 12.2. The molecule has 1 unspecified atom stereocenters. The molecule has 0 aromatic heterocycles. The normalized spacial score (nSPS) is 14.5. The van der Waals surface area contributed by atoms with Crippen molar-refractivity contribution in [2.75, 3.05) is 5.88 Å². The standard InChI is InChI=1S/C14H19BrClNOS/c1-14(2,3)19(18)17-13(5-4-10-16)11-6-8-12(15)9-7-11/h6-9H,4-5,10H2,1-3H3/b17-13-. The molecule has 1 aromatic rings. The highest BCUT2D eigenvalue weighted by Gasteiger charge is 2.27. The van der Waals surface area contributed by atoms with E-state index >= 15 is 0 Å². The third-order valence-electron chi connectivity index (χ3n) is 2.44. The van der Waals surface area contributed by atoms with Gasteiger partial charge in [-0.05, 0) is 45.7 Å². The van der Waals surface area contributed by atoms with Gasteiger partial charge in [0.05, 0.1) is 5.71 Å². The predicted molar refractivity (Wildman–Crippen MR) is 88.5 cm³/mol. The summed E-state index contributed by atoms with van der Waals surface area (Å²) in [4.78, 5) is 0. The zero-order valence-corrected chi connectivity index (χ0v) is 14.6. The molecule has 5 heteroatoms. The zero-order chi connectivity index (χ0) is 14.5. The van der Waals surface area contributed by atoms with Crippen molar-refractivity contribution in [3.05, 3.63) is 34.3 Å². The van der Waals surface area contributed by atoms with E-state index in [0.29, 0.717) is 5.88 Å². The maximum Gasteiger partial charge on any atom is 0.144 e. The molecule has 1 rings (SSSR count). The molecule has 106 valence electrons. The molecule has 0 fully saturated rings. The fourth-order valence-corrected chi connectivity index (χ4v) is 2.42. The fraction of sp³-hybridized carbons (Fsp3) is 0.500. The van der Waals surface area contributed by atoms with Crippen LogP contribution in [0.25, 0.3) is 0 Å². The zero-order valence-electron chi connectivity index (χ0n) is 11.5. The van der Waals surface area contributed by atoms with E-state index in [9.17, 15) is 4.55 Å². The Morgan fingerprint density at radius 1 is 1.32 bits per heavy atom. The molecule has 0 aliphatic heterocycles. The summed E-state index contributed by atoms with van der Waals surface area (Å²) in [6.07, 6.45) is 1.57. The molecular formula is C14H19BrClNOS. The number of nitrogens with zero attached hydrogens (tertiary/aromatic N) is 1. The van der Waals surface area contributed by atoms with E-state index in [1.54, 1.807) is 0 Å². The Kier molecular flexibility index (Phi) is 6.87. The minimum atomic E-state index is -1.24. The molecule has 0 bridgehead atoms. The van der Waals surface area contributed by atoms with Crippen LogP contribution in [0.2, 0.25) is 0 Å². The van der Waals surface area contributed by atoms with Crippen molar-refractivity contribution in [1.82, 2.24) is 0 Å². The van der Waals surface area contributed by atoms with Gasteiger partial charge in [0.25, 0.3) is 0 Å². The van der Waals surface area contributed by atoms with Gasteiger partial charge in [0, 0.05) is 15.9 Å². The average Bonchev–Trinajstić information content (AvgIpc) is 2.34. The molecule has 19 heavy (non-hydrogen) atoms. The first-order chi connectivity index (χ1) is 8.84. The van der Waals surface area contributed by atoms with Crippen molar-refractivity contribution in [2.24, 2.45) is 4.40 Å². The smallest absolute Gasteiger partial charge is 0.144 e. The first-order valence-corrected chi connectivity index (χ1v) is 8.59. The maximum atomic E-state index is 12.2. The second kappa shape index (κ2) is 7.67. The van der Waals surface area contributed by atoms with Crippen LogP contribution in [0.3, 0.4) is 0 Å². The lowest BCUT2D eigenvalue weighted by atomic mass is 10.1.